The first-order valence-electron chi connectivity index (χ1n) is 19.0. The number of rotatable bonds is 11. The number of carbonyl (C=O) groups excluding carboxylic acids is 2. The summed E-state index contributed by atoms with van der Waals surface area (Å²) in [6.45, 7) is 6.00. The molecule has 0 saturated carbocycles. The number of methoxy groups -OCH3 is 4. The molecule has 1 aliphatic heterocycles. The van der Waals surface area contributed by atoms with Crippen molar-refractivity contribution in [3.63, 3.8) is 0 Å². The van der Waals surface area contributed by atoms with E-state index in [-0.39, 0.29) is 35.3 Å². The molecule has 292 valence electrons. The van der Waals surface area contributed by atoms with Crippen molar-refractivity contribution in [2.45, 2.75) is 64.1 Å². The summed E-state index contributed by atoms with van der Waals surface area (Å²) in [6, 6.07) is 23.1. The zero-order valence-corrected chi connectivity index (χ0v) is 32.9. The fourth-order valence-corrected chi connectivity index (χ4v) is 8.38. The van der Waals surface area contributed by atoms with Crippen LogP contribution >= 0.6 is 0 Å². The molecule has 1 unspecified atom stereocenters. The molecule has 2 aliphatic rings. The molecule has 5 aromatic rings. The van der Waals surface area contributed by atoms with E-state index >= 15 is 0 Å². The van der Waals surface area contributed by atoms with Gasteiger partial charge < -0.3 is 34.0 Å². The Hall–Kier alpha value is -5.81. The van der Waals surface area contributed by atoms with E-state index in [9.17, 15) is 14.4 Å². The van der Waals surface area contributed by atoms with Crippen LogP contribution in [0.25, 0.3) is 33.4 Å². The predicted molar refractivity (Wildman–Crippen MR) is 216 cm³/mol. The van der Waals surface area contributed by atoms with E-state index in [0.29, 0.717) is 74.8 Å². The summed E-state index contributed by atoms with van der Waals surface area (Å²) in [5.41, 5.74) is 4.14. The average molecular weight is 760 g/mol. The molecular formula is C45H49N3O8. The normalized spacial score (nSPS) is 17.0. The van der Waals surface area contributed by atoms with E-state index < -0.39 is 5.54 Å². The Bertz CT molecular complexity index is 2310. The van der Waals surface area contributed by atoms with E-state index in [1.807, 2.05) is 49.4 Å². The molecule has 1 saturated heterocycles. The van der Waals surface area contributed by atoms with Crippen LogP contribution in [0.5, 0.6) is 23.0 Å². The molecule has 56 heavy (non-hydrogen) atoms. The van der Waals surface area contributed by atoms with Crippen LogP contribution in [-0.2, 0) is 34.5 Å². The van der Waals surface area contributed by atoms with Crippen LogP contribution in [0.15, 0.2) is 82.0 Å². The lowest BCUT2D eigenvalue weighted by molar-refractivity contribution is -0.122. The van der Waals surface area contributed by atoms with Crippen LogP contribution in [-0.4, -0.2) is 64.3 Å². The molecule has 2 heterocycles. The summed E-state index contributed by atoms with van der Waals surface area (Å²) in [4.78, 5) is 43.7. The van der Waals surface area contributed by atoms with Crippen LogP contribution in [0.2, 0.25) is 0 Å². The van der Waals surface area contributed by atoms with Crippen molar-refractivity contribution in [1.82, 2.24) is 15.5 Å². The molecule has 4 aromatic carbocycles. The maximum atomic E-state index is 14.5. The van der Waals surface area contributed by atoms with E-state index in [2.05, 4.69) is 39.8 Å². The van der Waals surface area contributed by atoms with Gasteiger partial charge in [0.15, 0.2) is 17.1 Å². The fraction of sp³-hybridized carbons (Fsp3) is 0.356. The molecule has 11 nitrogen and oxygen atoms in total. The van der Waals surface area contributed by atoms with Gasteiger partial charge in [-0.1, -0.05) is 30.3 Å². The van der Waals surface area contributed by atoms with Gasteiger partial charge in [-0.15, -0.1) is 0 Å². The minimum Gasteiger partial charge on any atom is -0.497 e. The summed E-state index contributed by atoms with van der Waals surface area (Å²) in [7, 11) is 6.28. The summed E-state index contributed by atoms with van der Waals surface area (Å²) < 4.78 is 29.6. The highest BCUT2D eigenvalue weighted by atomic mass is 16.5. The molecule has 0 bridgehead atoms. The van der Waals surface area contributed by atoms with Gasteiger partial charge in [0.25, 0.3) is 0 Å². The molecular weight excluding hydrogens is 711 g/mol. The molecule has 1 aromatic heterocycles. The molecule has 1 aliphatic carbocycles. The van der Waals surface area contributed by atoms with E-state index in [1.54, 1.807) is 34.5 Å². The zero-order chi connectivity index (χ0) is 39.6. The minimum atomic E-state index is -0.951. The number of carbonyl (C=O) groups is 2. The Morgan fingerprint density at radius 3 is 2.25 bits per heavy atom. The third-order valence-electron chi connectivity index (χ3n) is 11.1. The second-order valence-electron chi connectivity index (χ2n) is 14.8. The lowest BCUT2D eigenvalue weighted by Gasteiger charge is -2.32. The lowest BCUT2D eigenvalue weighted by Crippen LogP contribution is -2.44. The van der Waals surface area contributed by atoms with Gasteiger partial charge in [-0.2, -0.15) is 0 Å². The molecule has 7 rings (SSSR count). The second-order valence-corrected chi connectivity index (χ2v) is 14.8. The quantitative estimate of drug-likeness (QED) is 0.150. The number of benzene rings is 3. The Morgan fingerprint density at radius 1 is 0.893 bits per heavy atom. The fourth-order valence-electron chi connectivity index (χ4n) is 8.38. The predicted octanol–water partition coefficient (Wildman–Crippen LogP) is 6.78. The molecule has 0 spiro atoms. The number of ether oxygens (including phenoxy) is 4. The van der Waals surface area contributed by atoms with Crippen LogP contribution in [0.4, 0.5) is 0 Å². The number of hydrogen-bond acceptors (Lipinski definition) is 9. The second kappa shape index (κ2) is 16.1. The van der Waals surface area contributed by atoms with Gasteiger partial charge in [0.2, 0.25) is 23.0 Å². The maximum absolute atomic E-state index is 14.5. The van der Waals surface area contributed by atoms with Crippen molar-refractivity contribution < 1.29 is 33.0 Å². The molecule has 11 heteroatoms. The third kappa shape index (κ3) is 7.55. The highest BCUT2D eigenvalue weighted by Crippen LogP contribution is 2.52. The van der Waals surface area contributed by atoms with Crippen molar-refractivity contribution >= 4 is 22.8 Å². The zero-order valence-electron chi connectivity index (χ0n) is 32.9. The van der Waals surface area contributed by atoms with Gasteiger partial charge >= 0.3 is 0 Å². The Morgan fingerprint density at radius 2 is 1.61 bits per heavy atom. The number of aryl methyl sites for hydroxylation is 1. The number of hydrogen-bond donors (Lipinski definition) is 2. The minimum absolute atomic E-state index is 0.0107. The SMILES string of the molecule is COc1ccc(-c2oc3c(=O)cc4c(cc3c2CC(=O)NC2CCN(Cc3ccccc3)CC2)-c2c(cc(OC)c(OC)c2OC)CCC4(C)NC(C)=O)cc1. The number of likely N-dealkylation sites (tertiary alicyclic amines) is 1. The lowest BCUT2D eigenvalue weighted by atomic mass is 9.86. The van der Waals surface area contributed by atoms with Crippen LogP contribution in [0.3, 0.4) is 0 Å². The molecule has 1 atom stereocenters. The van der Waals surface area contributed by atoms with Crippen LogP contribution < -0.4 is 35.0 Å². The summed E-state index contributed by atoms with van der Waals surface area (Å²) in [5, 5.41) is 6.92. The van der Waals surface area contributed by atoms with Crippen LogP contribution in [0.1, 0.15) is 55.4 Å². The standard InChI is InChI=1S/C45H49N3O8/c1-27(49)47-45(2)19-16-30-22-38(53-4)43(54-5)44(55-6)40(30)35-23-33-34(24-39(51)46-31-17-20-48(21-18-31)26-28-10-8-7-9-11-28)41(29-12-14-32(52-3)15-13-29)56-42(33)37(50)25-36(35)45/h7-15,22-23,25,31H,16-21,24,26H2,1-6H3,(H,46,51)(H,47,49). The number of fused-ring (bicyclic) bond motifs is 4. The van der Waals surface area contributed by atoms with Crippen molar-refractivity contribution in [1.29, 1.82) is 0 Å². The number of nitrogens with one attached hydrogen (secondary N) is 2. The van der Waals surface area contributed by atoms with Crippen molar-refractivity contribution in [2.24, 2.45) is 0 Å². The first-order valence-corrected chi connectivity index (χ1v) is 19.0. The molecule has 2 N–H and O–H groups in total. The highest BCUT2D eigenvalue weighted by molar-refractivity contribution is 5.96. The van der Waals surface area contributed by atoms with Gasteiger partial charge in [-0.3, -0.25) is 19.3 Å². The van der Waals surface area contributed by atoms with E-state index in [1.165, 1.54) is 12.5 Å². The summed E-state index contributed by atoms with van der Waals surface area (Å²) in [6.07, 6.45) is 2.63. The van der Waals surface area contributed by atoms with Gasteiger partial charge in [0.05, 0.1) is 40.4 Å². The summed E-state index contributed by atoms with van der Waals surface area (Å²) in [5.74, 6) is 2.00. The van der Waals surface area contributed by atoms with Gasteiger partial charge in [-0.25, -0.2) is 0 Å². The van der Waals surface area contributed by atoms with E-state index in [4.69, 9.17) is 23.4 Å². The van der Waals surface area contributed by atoms with Gasteiger partial charge in [0, 0.05) is 54.7 Å². The Labute approximate surface area is 326 Å². The highest BCUT2D eigenvalue weighted by Gasteiger charge is 2.37. The summed E-state index contributed by atoms with van der Waals surface area (Å²) >= 11 is 0. The first-order chi connectivity index (χ1) is 27.0. The monoisotopic (exact) mass is 759 g/mol. The van der Waals surface area contributed by atoms with Crippen molar-refractivity contribution in [3.8, 4) is 45.4 Å². The Kier molecular flexibility index (Phi) is 11.1. The largest absolute Gasteiger partial charge is 0.497 e. The topological polar surface area (TPSA) is 129 Å². The number of piperidine rings is 1. The van der Waals surface area contributed by atoms with E-state index in [0.717, 1.165) is 38.0 Å². The van der Waals surface area contributed by atoms with Gasteiger partial charge in [-0.05, 0) is 97.3 Å². The maximum Gasteiger partial charge on any atom is 0.224 e. The van der Waals surface area contributed by atoms with Crippen molar-refractivity contribution in [3.05, 3.63) is 105 Å². The smallest absolute Gasteiger partial charge is 0.224 e. The number of nitrogens with zero attached hydrogens (tertiary/aromatic N) is 1. The number of amides is 2. The molecule has 0 radical (unpaired) electrons. The number of furan rings is 1. The molecule has 2 amide bonds. The third-order valence-corrected chi connectivity index (χ3v) is 11.1. The van der Waals surface area contributed by atoms with Crippen molar-refractivity contribution in [2.75, 3.05) is 41.5 Å². The molecule has 1 fully saturated rings. The first kappa shape index (κ1) is 38.5. The Balaban J connectivity index is 1.36. The average Bonchev–Trinajstić information content (AvgIpc) is 3.41. The van der Waals surface area contributed by atoms with Gasteiger partial charge in [0.1, 0.15) is 11.5 Å². The van der Waals surface area contributed by atoms with Crippen LogP contribution in [0, 0.1) is 0 Å².